The van der Waals surface area contributed by atoms with Crippen LogP contribution in [0.1, 0.15) is 42.6 Å². The third-order valence-corrected chi connectivity index (χ3v) is 4.19. The maximum Gasteiger partial charge on any atom is 0.343 e. The topological polar surface area (TPSA) is 83.7 Å². The molecule has 0 radical (unpaired) electrons. The highest BCUT2D eigenvalue weighted by molar-refractivity contribution is 5.94. The molecule has 21 heavy (non-hydrogen) atoms. The summed E-state index contributed by atoms with van der Waals surface area (Å²) in [6, 6.07) is 4.82. The number of benzene rings is 1. The number of hydrogen-bond donors (Lipinski definition) is 1. The summed E-state index contributed by atoms with van der Waals surface area (Å²) in [5.41, 5.74) is -0.00976. The first-order chi connectivity index (χ1) is 9.90. The molecule has 1 aliphatic heterocycles. The highest BCUT2D eigenvalue weighted by Crippen LogP contribution is 2.27. The quantitative estimate of drug-likeness (QED) is 0.681. The SMILES string of the molecule is CC1CCN(Cc2cccc([N+](=O)[O-])c2C(=O)O)C(C)C1. The number of rotatable bonds is 4. The van der Waals surface area contributed by atoms with Gasteiger partial charge in [-0.2, -0.15) is 0 Å². The number of carboxylic acid groups (broad SMARTS) is 1. The molecule has 2 unspecified atom stereocenters. The predicted octanol–water partition coefficient (Wildman–Crippen LogP) is 2.91. The lowest BCUT2D eigenvalue weighted by Crippen LogP contribution is -2.39. The fraction of sp³-hybridized carbons (Fsp3) is 0.533. The molecule has 114 valence electrons. The van der Waals surface area contributed by atoms with E-state index in [2.05, 4.69) is 18.7 Å². The molecule has 6 nitrogen and oxygen atoms in total. The molecule has 0 aromatic heterocycles. The Kier molecular flexibility index (Phi) is 4.57. The number of carboxylic acids is 1. The summed E-state index contributed by atoms with van der Waals surface area (Å²) >= 11 is 0. The molecular formula is C15H20N2O4. The molecule has 1 aliphatic rings. The highest BCUT2D eigenvalue weighted by atomic mass is 16.6. The normalized spacial score (nSPS) is 23.0. The molecule has 1 aromatic carbocycles. The fourth-order valence-corrected chi connectivity index (χ4v) is 3.03. The van der Waals surface area contributed by atoms with Crippen molar-refractivity contribution in [2.24, 2.45) is 5.92 Å². The second-order valence-corrected chi connectivity index (χ2v) is 5.82. The van der Waals surface area contributed by atoms with Gasteiger partial charge in [0.1, 0.15) is 5.56 Å². The van der Waals surface area contributed by atoms with Crippen LogP contribution in [0.15, 0.2) is 18.2 Å². The summed E-state index contributed by atoms with van der Waals surface area (Å²) in [7, 11) is 0. The van der Waals surface area contributed by atoms with Gasteiger partial charge in [-0.1, -0.05) is 19.1 Å². The zero-order valence-corrected chi connectivity index (χ0v) is 12.3. The summed E-state index contributed by atoms with van der Waals surface area (Å²) in [5.74, 6) is -0.573. The fourth-order valence-electron chi connectivity index (χ4n) is 3.03. The van der Waals surface area contributed by atoms with Gasteiger partial charge in [-0.25, -0.2) is 4.79 Å². The van der Waals surface area contributed by atoms with Gasteiger partial charge in [0.05, 0.1) is 4.92 Å². The maximum absolute atomic E-state index is 11.4. The molecular weight excluding hydrogens is 272 g/mol. The van der Waals surface area contributed by atoms with Gasteiger partial charge in [-0.15, -0.1) is 0 Å². The van der Waals surface area contributed by atoms with Gasteiger partial charge in [0.25, 0.3) is 5.69 Å². The van der Waals surface area contributed by atoms with Crippen molar-refractivity contribution in [2.45, 2.75) is 39.3 Å². The molecule has 0 bridgehead atoms. The zero-order chi connectivity index (χ0) is 15.6. The Bertz CT molecular complexity index is 559. The number of nitrogens with zero attached hydrogens (tertiary/aromatic N) is 2. The molecule has 2 atom stereocenters. The van der Waals surface area contributed by atoms with Crippen LogP contribution in [0.5, 0.6) is 0 Å². The molecule has 0 spiro atoms. The van der Waals surface area contributed by atoms with Crippen LogP contribution in [0.25, 0.3) is 0 Å². The van der Waals surface area contributed by atoms with Gasteiger partial charge in [0.15, 0.2) is 0 Å². The molecule has 0 aliphatic carbocycles. The Morgan fingerprint density at radius 2 is 2.19 bits per heavy atom. The molecule has 1 saturated heterocycles. The van der Waals surface area contributed by atoms with Crippen molar-refractivity contribution in [1.29, 1.82) is 0 Å². The van der Waals surface area contributed by atoms with E-state index >= 15 is 0 Å². The van der Waals surface area contributed by atoms with Gasteiger partial charge in [-0.3, -0.25) is 15.0 Å². The van der Waals surface area contributed by atoms with E-state index in [1.807, 2.05) is 0 Å². The van der Waals surface area contributed by atoms with Crippen molar-refractivity contribution in [1.82, 2.24) is 4.90 Å². The van der Waals surface area contributed by atoms with E-state index in [1.54, 1.807) is 12.1 Å². The minimum atomic E-state index is -1.24. The number of nitro benzene ring substituents is 1. The van der Waals surface area contributed by atoms with Crippen LogP contribution in [-0.4, -0.2) is 33.5 Å². The maximum atomic E-state index is 11.4. The lowest BCUT2D eigenvalue weighted by Gasteiger charge is -2.36. The second kappa shape index (κ2) is 6.22. The van der Waals surface area contributed by atoms with E-state index < -0.39 is 10.9 Å². The van der Waals surface area contributed by atoms with Crippen LogP contribution >= 0.6 is 0 Å². The third kappa shape index (κ3) is 3.39. The number of hydrogen-bond acceptors (Lipinski definition) is 4. The predicted molar refractivity (Wildman–Crippen MR) is 78.3 cm³/mol. The Morgan fingerprint density at radius 1 is 1.48 bits per heavy atom. The van der Waals surface area contributed by atoms with Crippen molar-refractivity contribution < 1.29 is 14.8 Å². The number of carbonyl (C=O) groups is 1. The second-order valence-electron chi connectivity index (χ2n) is 5.82. The number of aromatic carboxylic acids is 1. The van der Waals surface area contributed by atoms with Crippen LogP contribution in [-0.2, 0) is 6.54 Å². The number of piperidine rings is 1. The van der Waals surface area contributed by atoms with E-state index in [1.165, 1.54) is 6.07 Å². The monoisotopic (exact) mass is 292 g/mol. The molecule has 2 rings (SSSR count). The summed E-state index contributed by atoms with van der Waals surface area (Å²) in [6.45, 7) is 5.67. The molecule has 1 N–H and O–H groups in total. The largest absolute Gasteiger partial charge is 0.477 e. The number of nitro groups is 1. The summed E-state index contributed by atoms with van der Waals surface area (Å²) < 4.78 is 0. The average molecular weight is 292 g/mol. The van der Waals surface area contributed by atoms with Crippen LogP contribution in [0.3, 0.4) is 0 Å². The van der Waals surface area contributed by atoms with Gasteiger partial charge in [0, 0.05) is 18.7 Å². The smallest absolute Gasteiger partial charge is 0.343 e. The third-order valence-electron chi connectivity index (χ3n) is 4.19. The lowest BCUT2D eigenvalue weighted by molar-refractivity contribution is -0.385. The van der Waals surface area contributed by atoms with Crippen molar-refractivity contribution >= 4 is 11.7 Å². The Hall–Kier alpha value is -1.95. The minimum Gasteiger partial charge on any atom is -0.477 e. The van der Waals surface area contributed by atoms with Crippen molar-refractivity contribution in [3.8, 4) is 0 Å². The van der Waals surface area contributed by atoms with Crippen molar-refractivity contribution in [3.63, 3.8) is 0 Å². The number of likely N-dealkylation sites (tertiary alicyclic amines) is 1. The van der Waals surface area contributed by atoms with E-state index in [9.17, 15) is 20.0 Å². The van der Waals surface area contributed by atoms with Crippen LogP contribution in [0.4, 0.5) is 5.69 Å². The highest BCUT2D eigenvalue weighted by Gasteiger charge is 2.27. The molecule has 0 saturated carbocycles. The molecule has 6 heteroatoms. The van der Waals surface area contributed by atoms with Gasteiger partial charge in [-0.05, 0) is 37.8 Å². The van der Waals surface area contributed by atoms with Crippen molar-refractivity contribution in [3.05, 3.63) is 39.4 Å². The Balaban J connectivity index is 2.30. The van der Waals surface area contributed by atoms with Crippen molar-refractivity contribution in [2.75, 3.05) is 6.54 Å². The van der Waals surface area contributed by atoms with E-state index in [4.69, 9.17) is 0 Å². The van der Waals surface area contributed by atoms with E-state index in [-0.39, 0.29) is 11.3 Å². The molecule has 1 aromatic rings. The Morgan fingerprint density at radius 3 is 2.76 bits per heavy atom. The summed E-state index contributed by atoms with van der Waals surface area (Å²) in [6.07, 6.45) is 2.14. The van der Waals surface area contributed by atoms with Crippen LogP contribution in [0, 0.1) is 16.0 Å². The first kappa shape index (κ1) is 15.4. The van der Waals surface area contributed by atoms with E-state index in [0.717, 1.165) is 19.4 Å². The standard InChI is InChI=1S/C15H20N2O4/c1-10-6-7-16(11(2)8-10)9-12-4-3-5-13(17(20)21)14(12)15(18)19/h3-5,10-11H,6-9H2,1-2H3,(H,18,19). The van der Waals surface area contributed by atoms with Gasteiger partial charge >= 0.3 is 5.97 Å². The summed E-state index contributed by atoms with van der Waals surface area (Å²) in [4.78, 5) is 24.0. The first-order valence-corrected chi connectivity index (χ1v) is 7.13. The first-order valence-electron chi connectivity index (χ1n) is 7.13. The molecule has 1 fully saturated rings. The lowest BCUT2D eigenvalue weighted by atomic mass is 9.92. The van der Waals surface area contributed by atoms with Gasteiger partial charge < -0.3 is 5.11 Å². The Labute approximate surface area is 123 Å². The minimum absolute atomic E-state index is 0.187. The summed E-state index contributed by atoms with van der Waals surface area (Å²) in [5, 5.41) is 20.3. The van der Waals surface area contributed by atoms with Crippen LogP contribution < -0.4 is 0 Å². The average Bonchev–Trinajstić information content (AvgIpc) is 2.41. The molecule has 1 heterocycles. The van der Waals surface area contributed by atoms with Crippen LogP contribution in [0.2, 0.25) is 0 Å². The molecule has 0 amide bonds. The van der Waals surface area contributed by atoms with Gasteiger partial charge in [0.2, 0.25) is 0 Å². The van der Waals surface area contributed by atoms with E-state index in [0.29, 0.717) is 24.1 Å². The zero-order valence-electron chi connectivity index (χ0n) is 12.3.